The summed E-state index contributed by atoms with van der Waals surface area (Å²) in [4.78, 5) is 16.5. The Morgan fingerprint density at radius 2 is 1.75 bits per heavy atom. The molecule has 1 heterocycles. The fraction of sp³-hybridized carbons (Fsp3) is 0.259. The molecule has 0 unspecified atom stereocenters. The van der Waals surface area contributed by atoms with Crippen molar-refractivity contribution in [2.24, 2.45) is 0 Å². The van der Waals surface area contributed by atoms with Gasteiger partial charge in [-0.05, 0) is 47.2 Å². The Morgan fingerprint density at radius 3 is 2.47 bits per heavy atom. The fourth-order valence-corrected chi connectivity index (χ4v) is 4.22. The molecule has 0 fully saturated rings. The summed E-state index contributed by atoms with van der Waals surface area (Å²) < 4.78 is 2.27. The lowest BCUT2D eigenvalue weighted by molar-refractivity contribution is 0.0697. The lowest BCUT2D eigenvalue weighted by Gasteiger charge is -2.13. The van der Waals surface area contributed by atoms with Crippen molar-refractivity contribution < 1.29 is 15.0 Å². The van der Waals surface area contributed by atoms with E-state index in [0.717, 1.165) is 52.8 Å². The van der Waals surface area contributed by atoms with E-state index in [0.29, 0.717) is 24.1 Å². The number of carbonyl (C=O) groups is 1. The van der Waals surface area contributed by atoms with Crippen LogP contribution >= 0.6 is 0 Å². The molecule has 32 heavy (non-hydrogen) atoms. The van der Waals surface area contributed by atoms with E-state index in [2.05, 4.69) is 29.7 Å². The number of aliphatic hydroxyl groups excluding tert-OH is 1. The average Bonchev–Trinajstić information content (AvgIpc) is 3.16. The van der Waals surface area contributed by atoms with Gasteiger partial charge in [0.05, 0.1) is 16.6 Å². The van der Waals surface area contributed by atoms with Gasteiger partial charge in [0.1, 0.15) is 5.82 Å². The molecule has 0 radical (unpaired) electrons. The molecule has 5 heteroatoms. The van der Waals surface area contributed by atoms with Crippen LogP contribution in [0.25, 0.3) is 22.2 Å². The van der Waals surface area contributed by atoms with E-state index in [1.165, 1.54) is 0 Å². The molecule has 4 aromatic rings. The van der Waals surface area contributed by atoms with Crippen LogP contribution in [0.1, 0.15) is 47.1 Å². The normalized spacial score (nSPS) is 11.2. The van der Waals surface area contributed by atoms with Gasteiger partial charge in [0.25, 0.3) is 0 Å². The van der Waals surface area contributed by atoms with Crippen LogP contribution in [0.15, 0.2) is 66.7 Å². The van der Waals surface area contributed by atoms with Crippen molar-refractivity contribution in [2.45, 2.75) is 39.2 Å². The van der Waals surface area contributed by atoms with Gasteiger partial charge in [0, 0.05) is 19.6 Å². The second kappa shape index (κ2) is 9.79. The number of hydrogen-bond donors (Lipinski definition) is 2. The lowest BCUT2D eigenvalue weighted by Crippen LogP contribution is -2.07. The van der Waals surface area contributed by atoms with Crippen molar-refractivity contribution in [3.63, 3.8) is 0 Å². The van der Waals surface area contributed by atoms with Gasteiger partial charge in [-0.25, -0.2) is 9.78 Å². The van der Waals surface area contributed by atoms with Crippen molar-refractivity contribution >= 4 is 17.0 Å². The Kier molecular flexibility index (Phi) is 6.66. The van der Waals surface area contributed by atoms with Gasteiger partial charge in [-0.2, -0.15) is 0 Å². The fourth-order valence-electron chi connectivity index (χ4n) is 4.22. The first-order valence-corrected chi connectivity index (χ1v) is 11.1. The number of nitrogens with zero attached hydrogens (tertiary/aromatic N) is 2. The van der Waals surface area contributed by atoms with Gasteiger partial charge in [-0.15, -0.1) is 0 Å². The van der Waals surface area contributed by atoms with Crippen LogP contribution in [0.3, 0.4) is 0 Å². The van der Waals surface area contributed by atoms with Crippen molar-refractivity contribution in [3.8, 4) is 11.1 Å². The van der Waals surface area contributed by atoms with E-state index in [4.69, 9.17) is 4.98 Å². The molecule has 2 N–H and O–H groups in total. The van der Waals surface area contributed by atoms with Gasteiger partial charge in [0.2, 0.25) is 0 Å². The number of hydrogen-bond acceptors (Lipinski definition) is 3. The number of para-hydroxylation sites is 1. The number of imidazole rings is 1. The summed E-state index contributed by atoms with van der Waals surface area (Å²) in [6.07, 6.45) is 3.68. The second-order valence-corrected chi connectivity index (χ2v) is 8.02. The molecule has 0 amide bonds. The minimum absolute atomic E-state index is 0.103. The molecule has 3 aromatic carbocycles. The van der Waals surface area contributed by atoms with Gasteiger partial charge in [0.15, 0.2) is 0 Å². The number of rotatable bonds is 9. The number of benzene rings is 3. The minimum Gasteiger partial charge on any atom is -0.478 e. The Labute approximate surface area is 188 Å². The number of aryl methyl sites for hydroxylation is 1. The van der Waals surface area contributed by atoms with Crippen LogP contribution in [-0.2, 0) is 19.4 Å². The van der Waals surface area contributed by atoms with Crippen LogP contribution < -0.4 is 0 Å². The third kappa shape index (κ3) is 4.43. The Morgan fingerprint density at radius 1 is 0.969 bits per heavy atom. The number of aliphatic hydroxyl groups is 1. The quantitative estimate of drug-likeness (QED) is 0.378. The average molecular weight is 429 g/mol. The summed E-state index contributed by atoms with van der Waals surface area (Å²) in [5.74, 6) is 0.138. The third-order valence-electron chi connectivity index (χ3n) is 5.83. The van der Waals surface area contributed by atoms with E-state index < -0.39 is 5.97 Å². The van der Waals surface area contributed by atoms with Crippen molar-refractivity contribution in [1.29, 1.82) is 0 Å². The first-order chi connectivity index (χ1) is 15.6. The molecule has 0 saturated carbocycles. The van der Waals surface area contributed by atoms with Gasteiger partial charge >= 0.3 is 5.97 Å². The van der Waals surface area contributed by atoms with Gasteiger partial charge in [-0.3, -0.25) is 0 Å². The number of aromatic nitrogens is 2. The van der Waals surface area contributed by atoms with Crippen LogP contribution in [0, 0.1) is 0 Å². The molecule has 0 aliphatic carbocycles. The first-order valence-electron chi connectivity index (χ1n) is 11.1. The van der Waals surface area contributed by atoms with Crippen LogP contribution in [0.4, 0.5) is 0 Å². The number of unbranched alkanes of at least 4 members (excludes halogenated alkanes) is 1. The van der Waals surface area contributed by atoms with E-state index in [1.807, 2.05) is 36.4 Å². The van der Waals surface area contributed by atoms with E-state index >= 15 is 0 Å². The summed E-state index contributed by atoms with van der Waals surface area (Å²) in [5.41, 5.74) is 6.19. The summed E-state index contributed by atoms with van der Waals surface area (Å²) in [5, 5.41) is 19.0. The lowest BCUT2D eigenvalue weighted by atomic mass is 9.98. The largest absolute Gasteiger partial charge is 0.478 e. The van der Waals surface area contributed by atoms with Crippen molar-refractivity contribution in [1.82, 2.24) is 9.55 Å². The highest BCUT2D eigenvalue weighted by Gasteiger charge is 2.15. The highest BCUT2D eigenvalue weighted by Crippen LogP contribution is 2.27. The Balaban J connectivity index is 1.71. The highest BCUT2D eigenvalue weighted by molar-refractivity contribution is 5.96. The van der Waals surface area contributed by atoms with Gasteiger partial charge in [-0.1, -0.05) is 67.9 Å². The SMILES string of the molecule is CCCCc1nc2cccc(CCO)c2n1Cc1ccc(-c2ccccc2C(=O)O)cc1. The van der Waals surface area contributed by atoms with Crippen molar-refractivity contribution in [3.05, 3.63) is 89.2 Å². The molecule has 0 aliphatic rings. The molecular weight excluding hydrogens is 400 g/mol. The predicted octanol–water partition coefficient (Wildman–Crippen LogP) is 5.33. The zero-order valence-corrected chi connectivity index (χ0v) is 18.3. The second-order valence-electron chi connectivity index (χ2n) is 8.02. The number of fused-ring (bicyclic) bond motifs is 1. The molecule has 164 valence electrons. The molecule has 0 spiro atoms. The van der Waals surface area contributed by atoms with E-state index in [9.17, 15) is 15.0 Å². The van der Waals surface area contributed by atoms with Crippen LogP contribution in [0.2, 0.25) is 0 Å². The molecule has 0 saturated heterocycles. The zero-order chi connectivity index (χ0) is 22.5. The van der Waals surface area contributed by atoms with E-state index in [-0.39, 0.29) is 6.61 Å². The van der Waals surface area contributed by atoms with Crippen LogP contribution in [-0.4, -0.2) is 32.3 Å². The van der Waals surface area contributed by atoms with Crippen LogP contribution in [0.5, 0.6) is 0 Å². The maximum Gasteiger partial charge on any atom is 0.336 e. The Hall–Kier alpha value is -3.44. The standard InChI is InChI=1S/C27H28N2O3/c1-2-3-11-25-28-24-10-6-7-21(16-17-30)26(24)29(25)18-19-12-14-20(15-13-19)22-8-4-5-9-23(22)27(31)32/h4-10,12-15,30H,2-3,11,16-18H2,1H3,(H,31,32). The minimum atomic E-state index is -0.924. The first kappa shape index (κ1) is 21.8. The summed E-state index contributed by atoms with van der Waals surface area (Å²) in [6.45, 7) is 2.96. The van der Waals surface area contributed by atoms with Gasteiger partial charge < -0.3 is 14.8 Å². The third-order valence-corrected chi connectivity index (χ3v) is 5.83. The molecule has 0 aliphatic heterocycles. The monoisotopic (exact) mass is 428 g/mol. The smallest absolute Gasteiger partial charge is 0.336 e. The molecule has 0 atom stereocenters. The summed E-state index contributed by atoms with van der Waals surface area (Å²) in [6, 6.07) is 21.2. The maximum atomic E-state index is 11.6. The maximum absolute atomic E-state index is 11.6. The summed E-state index contributed by atoms with van der Waals surface area (Å²) in [7, 11) is 0. The predicted molar refractivity (Wildman–Crippen MR) is 127 cm³/mol. The number of carboxylic acid groups (broad SMARTS) is 1. The molecule has 4 rings (SSSR count). The molecular formula is C27H28N2O3. The number of carboxylic acids is 1. The van der Waals surface area contributed by atoms with E-state index in [1.54, 1.807) is 12.1 Å². The number of aromatic carboxylic acids is 1. The van der Waals surface area contributed by atoms with Crippen molar-refractivity contribution in [2.75, 3.05) is 6.61 Å². The molecule has 1 aromatic heterocycles. The Bertz CT molecular complexity index is 1230. The topological polar surface area (TPSA) is 75.4 Å². The molecule has 5 nitrogen and oxygen atoms in total. The highest BCUT2D eigenvalue weighted by atomic mass is 16.4. The summed E-state index contributed by atoms with van der Waals surface area (Å²) >= 11 is 0. The molecule has 0 bridgehead atoms. The zero-order valence-electron chi connectivity index (χ0n) is 18.3.